The Kier molecular flexibility index (Phi) is 12.4. The molecule has 258 valence electrons. The molecule has 2 heterocycles. The molecule has 0 bridgehead atoms. The van der Waals surface area contributed by atoms with Gasteiger partial charge in [0.15, 0.2) is 6.29 Å². The van der Waals surface area contributed by atoms with Gasteiger partial charge in [0.25, 0.3) is 0 Å². The molecule has 1 N–H and O–H groups in total. The van der Waals surface area contributed by atoms with Gasteiger partial charge in [0, 0.05) is 19.5 Å². The molecule has 0 aliphatic carbocycles. The average molecular weight is 694 g/mol. The molecule has 5 atom stereocenters. The number of fused-ring (bicyclic) bond motifs is 1. The summed E-state index contributed by atoms with van der Waals surface area (Å²) >= 11 is 0. The van der Waals surface area contributed by atoms with Crippen molar-refractivity contribution in [1.29, 1.82) is 5.26 Å². The number of carbonyl (C=O) groups excluding carboxylic acids is 1. The van der Waals surface area contributed by atoms with Crippen LogP contribution in [0.2, 0.25) is 0 Å². The third-order valence-electron chi connectivity index (χ3n) is 8.16. The van der Waals surface area contributed by atoms with E-state index >= 15 is 0 Å². The second-order valence-corrected chi connectivity index (χ2v) is 15.3. The Balaban J connectivity index is 1.69. The number of nitrogens with one attached hydrogen (secondary N) is 1. The quantitative estimate of drug-likeness (QED) is 0.252. The van der Waals surface area contributed by atoms with Crippen LogP contribution in [-0.2, 0) is 39.7 Å². The Morgan fingerprint density at radius 3 is 2.51 bits per heavy atom. The Morgan fingerprint density at radius 2 is 1.87 bits per heavy atom. The van der Waals surface area contributed by atoms with Crippen LogP contribution in [-0.4, -0.2) is 76.8 Å². The van der Waals surface area contributed by atoms with Gasteiger partial charge in [-0.2, -0.15) is 9.57 Å². The summed E-state index contributed by atoms with van der Waals surface area (Å²) < 4.78 is 68.3. The van der Waals surface area contributed by atoms with Gasteiger partial charge in [-0.15, -0.1) is 0 Å². The number of phosphoric acid groups is 1. The first-order chi connectivity index (χ1) is 22.2. The Hall–Kier alpha value is -3.06. The number of carbonyl (C=O) groups is 1. The zero-order valence-corrected chi connectivity index (χ0v) is 28.2. The number of amides is 1. The molecular weight excluding hydrogens is 653 g/mol. The molecule has 2 aliphatic rings. The molecule has 1 amide bonds. The zero-order chi connectivity index (χ0) is 34.2. The van der Waals surface area contributed by atoms with Gasteiger partial charge in [-0.3, -0.25) is 0 Å². The van der Waals surface area contributed by atoms with Crippen molar-refractivity contribution in [2.45, 2.75) is 69.0 Å². The smallest absolute Gasteiger partial charge is 0.407 e. The highest BCUT2D eigenvalue weighted by molar-refractivity contribution is 7.89. The highest BCUT2D eigenvalue weighted by Gasteiger charge is 2.44. The molecule has 0 saturated carbocycles. The predicted octanol–water partition coefficient (Wildman–Crippen LogP) is 2.33. The summed E-state index contributed by atoms with van der Waals surface area (Å²) in [6, 6.07) is 15.1. The highest BCUT2D eigenvalue weighted by Crippen LogP contribution is 2.35. The number of sulfonamides is 1. The fraction of sp³-hybridized carbons (Fsp3) is 0.548. The standard InChI is InChI=1S/C31H42N3O11PS/c1-31(2,15-7-16-32)21-34(47(39,40)24-12-10-23(41-3)11-13-24)19-27(45-46(36,37)38)26(18-22-8-5-4-6-9-22)33-30(35)44-28-20-43-29-25(28)14-17-42-29/h4-6,8-13,25-29H,7,14-15,17-21H2,1-3H3,(H,33,35)(H2,36,37,38)/p-2/t25?,26-,27?,28?,29?/m0/s1. The number of hydrogen-bond acceptors (Lipinski definition) is 12. The fourth-order valence-corrected chi connectivity index (χ4v) is 7.90. The maximum Gasteiger partial charge on any atom is 0.407 e. The van der Waals surface area contributed by atoms with Crippen LogP contribution in [0.1, 0.15) is 38.7 Å². The van der Waals surface area contributed by atoms with E-state index in [4.69, 9.17) is 23.5 Å². The maximum atomic E-state index is 14.1. The first-order valence-electron chi connectivity index (χ1n) is 15.2. The summed E-state index contributed by atoms with van der Waals surface area (Å²) in [6.45, 7) is 3.29. The van der Waals surface area contributed by atoms with Crippen LogP contribution in [0.5, 0.6) is 5.75 Å². The Labute approximate surface area is 275 Å². The Morgan fingerprint density at radius 1 is 1.17 bits per heavy atom. The molecule has 0 aromatic heterocycles. The minimum Gasteiger partial charge on any atom is -0.790 e. The van der Waals surface area contributed by atoms with Crippen LogP contribution in [0.15, 0.2) is 59.5 Å². The van der Waals surface area contributed by atoms with Crippen LogP contribution in [0.25, 0.3) is 0 Å². The Bertz CT molecular complexity index is 1530. The number of nitriles is 1. The normalized spacial score (nSPS) is 21.1. The van der Waals surface area contributed by atoms with E-state index in [0.717, 1.165) is 4.31 Å². The third-order valence-corrected chi connectivity index (χ3v) is 10.5. The lowest BCUT2D eigenvalue weighted by atomic mass is 9.88. The van der Waals surface area contributed by atoms with Gasteiger partial charge in [0.1, 0.15) is 11.9 Å². The molecule has 4 rings (SSSR count). The molecular formula is C31H40N3O11PS-2. The second-order valence-electron chi connectivity index (χ2n) is 12.3. The lowest BCUT2D eigenvalue weighted by Gasteiger charge is -2.40. The van der Waals surface area contributed by atoms with Crippen molar-refractivity contribution < 1.29 is 51.0 Å². The summed E-state index contributed by atoms with van der Waals surface area (Å²) in [5.41, 5.74) is -0.118. The molecule has 0 radical (unpaired) electrons. The number of hydrogen-bond donors (Lipinski definition) is 1. The van der Waals surface area contributed by atoms with Crippen LogP contribution in [0, 0.1) is 22.7 Å². The second kappa shape index (κ2) is 15.9. The van der Waals surface area contributed by atoms with E-state index in [1.165, 1.54) is 31.4 Å². The van der Waals surface area contributed by atoms with Crippen molar-refractivity contribution >= 4 is 23.9 Å². The lowest BCUT2D eigenvalue weighted by molar-refractivity contribution is -0.345. The number of ether oxygens (including phenoxy) is 4. The van der Waals surface area contributed by atoms with E-state index in [0.29, 0.717) is 30.8 Å². The maximum absolute atomic E-state index is 14.1. The van der Waals surface area contributed by atoms with Gasteiger partial charge in [0.2, 0.25) is 10.0 Å². The van der Waals surface area contributed by atoms with E-state index < -0.39 is 60.4 Å². The molecule has 0 spiro atoms. The van der Waals surface area contributed by atoms with E-state index in [1.807, 2.05) is 0 Å². The van der Waals surface area contributed by atoms with Crippen LogP contribution < -0.4 is 19.8 Å². The van der Waals surface area contributed by atoms with Crippen LogP contribution in [0.3, 0.4) is 0 Å². The first kappa shape index (κ1) is 36.8. The van der Waals surface area contributed by atoms with Crippen LogP contribution >= 0.6 is 7.82 Å². The zero-order valence-electron chi connectivity index (χ0n) is 26.5. The van der Waals surface area contributed by atoms with Crippen molar-refractivity contribution in [3.8, 4) is 11.8 Å². The van der Waals surface area contributed by atoms with E-state index in [2.05, 4.69) is 11.4 Å². The molecule has 16 heteroatoms. The summed E-state index contributed by atoms with van der Waals surface area (Å²) in [4.78, 5) is 37.4. The summed E-state index contributed by atoms with van der Waals surface area (Å²) in [7, 11) is -8.65. The van der Waals surface area contributed by atoms with Gasteiger partial charge in [0.05, 0.1) is 57.2 Å². The van der Waals surface area contributed by atoms with E-state index in [1.54, 1.807) is 44.2 Å². The predicted molar refractivity (Wildman–Crippen MR) is 164 cm³/mol. The van der Waals surface area contributed by atoms with E-state index in [-0.39, 0.29) is 36.8 Å². The summed E-state index contributed by atoms with van der Waals surface area (Å²) in [6.07, 6.45) is -2.67. The van der Waals surface area contributed by atoms with Crippen molar-refractivity contribution in [2.75, 3.05) is 33.4 Å². The third kappa shape index (κ3) is 10.5. The first-order valence-corrected chi connectivity index (χ1v) is 18.1. The minimum absolute atomic E-state index is 0.0365. The van der Waals surface area contributed by atoms with Gasteiger partial charge >= 0.3 is 6.09 Å². The van der Waals surface area contributed by atoms with Gasteiger partial charge in [-0.05, 0) is 54.5 Å². The fourth-order valence-electron chi connectivity index (χ4n) is 5.71. The molecule has 2 aliphatic heterocycles. The summed E-state index contributed by atoms with van der Waals surface area (Å²) in [5, 5.41) is 11.8. The number of rotatable bonds is 16. The van der Waals surface area contributed by atoms with Crippen molar-refractivity contribution in [3.05, 3.63) is 60.2 Å². The molecule has 2 aromatic rings. The number of alkyl carbamates (subject to hydrolysis) is 1. The molecule has 2 saturated heterocycles. The van der Waals surface area contributed by atoms with Gasteiger partial charge in [-0.25, -0.2) is 13.2 Å². The average Bonchev–Trinajstić information content (AvgIpc) is 3.64. The molecule has 2 fully saturated rings. The highest BCUT2D eigenvalue weighted by atomic mass is 32.2. The largest absolute Gasteiger partial charge is 0.790 e. The number of phosphoric ester groups is 1. The van der Waals surface area contributed by atoms with Crippen molar-refractivity contribution in [1.82, 2.24) is 9.62 Å². The molecule has 2 aromatic carbocycles. The van der Waals surface area contributed by atoms with Gasteiger partial charge in [-0.1, -0.05) is 44.2 Å². The lowest BCUT2D eigenvalue weighted by Crippen LogP contribution is -2.53. The number of methoxy groups -OCH3 is 1. The molecule has 14 nitrogen and oxygen atoms in total. The van der Waals surface area contributed by atoms with Crippen LogP contribution in [0.4, 0.5) is 4.79 Å². The number of nitrogens with zero attached hydrogens (tertiary/aromatic N) is 2. The topological polar surface area (TPSA) is 200 Å². The van der Waals surface area contributed by atoms with Crippen molar-refractivity contribution in [2.24, 2.45) is 11.3 Å². The molecule has 47 heavy (non-hydrogen) atoms. The minimum atomic E-state index is -5.74. The summed E-state index contributed by atoms with van der Waals surface area (Å²) in [5.74, 6) is 0.239. The molecule has 4 unspecified atom stereocenters. The monoisotopic (exact) mass is 693 g/mol. The number of benzene rings is 2. The van der Waals surface area contributed by atoms with E-state index in [9.17, 15) is 32.8 Å². The van der Waals surface area contributed by atoms with Gasteiger partial charge < -0.3 is 43.1 Å². The van der Waals surface area contributed by atoms with Crippen molar-refractivity contribution in [3.63, 3.8) is 0 Å². The SMILES string of the molecule is COc1ccc(S(=O)(=O)N(CC(OP(=O)([O-])[O-])[C@H](Cc2ccccc2)NC(=O)OC2COC3OCCC23)CC(C)(C)CCC#N)cc1.